The van der Waals surface area contributed by atoms with Crippen molar-refractivity contribution in [2.24, 2.45) is 0 Å². The third-order valence-electron chi connectivity index (χ3n) is 2.32. The molecular weight excluding hydrogens is 280 g/mol. The second kappa shape index (κ2) is 4.81. The Hall–Kier alpha value is 0.200. The summed E-state index contributed by atoms with van der Waals surface area (Å²) in [4.78, 5) is 11.1. The van der Waals surface area contributed by atoms with Gasteiger partial charge in [0.05, 0.1) is 8.00 Å². The summed E-state index contributed by atoms with van der Waals surface area (Å²) in [5.74, 6) is 0.439. The number of carbonyl (C=O) groups excluding carboxylic acids is 1. The summed E-state index contributed by atoms with van der Waals surface area (Å²) >= 11 is 7.16. The molecule has 0 N–H and O–H groups in total. The fourth-order valence-corrected chi connectivity index (χ4v) is 4.81. The monoisotopic (exact) mass is 290 g/mol. The fraction of sp³-hybridized carbons (Fsp3) is 0.500. The Kier molecular flexibility index (Phi) is 3.68. The minimum absolute atomic E-state index is 0.439. The molecule has 0 atom stereocenters. The van der Waals surface area contributed by atoms with Crippen LogP contribution < -0.4 is 0 Å². The van der Waals surface area contributed by atoms with Crippen LogP contribution in [0.2, 0.25) is 0 Å². The summed E-state index contributed by atoms with van der Waals surface area (Å²) in [5, 5.41) is 0.651. The van der Waals surface area contributed by atoms with Crippen molar-refractivity contribution in [2.75, 3.05) is 0 Å². The lowest BCUT2D eigenvalue weighted by atomic mass is 9.99. The van der Waals surface area contributed by atoms with Gasteiger partial charge in [0.25, 0.3) is 0 Å². The summed E-state index contributed by atoms with van der Waals surface area (Å²) in [5.41, 5.74) is 0. The lowest BCUT2D eigenvalue weighted by Crippen LogP contribution is -2.14. The minimum atomic E-state index is 0.439. The summed E-state index contributed by atoms with van der Waals surface area (Å²) in [6.45, 7) is 0. The maximum Gasteiger partial charge on any atom is 0.132 e. The Labute approximate surface area is 100 Å². The second-order valence-corrected chi connectivity index (χ2v) is 7.48. The normalized spacial score (nSPS) is 18.8. The number of hydrogen-bond donors (Lipinski definition) is 0. The first-order chi connectivity index (χ1) is 6.74. The molecular formula is C10H11BrOS2. The standard InChI is InChI=1S/C10H11BrOS2/c11-9-5-6-10(14-9)13-8-3-1-7(12)2-4-8/h5-6,8H,1-4H2. The van der Waals surface area contributed by atoms with Crippen LogP contribution in [0.4, 0.5) is 0 Å². The largest absolute Gasteiger partial charge is 0.300 e. The van der Waals surface area contributed by atoms with E-state index >= 15 is 0 Å². The van der Waals surface area contributed by atoms with Gasteiger partial charge < -0.3 is 0 Å². The first-order valence-electron chi connectivity index (χ1n) is 4.68. The zero-order valence-corrected chi connectivity index (χ0v) is 10.9. The smallest absolute Gasteiger partial charge is 0.132 e. The number of ketones is 1. The van der Waals surface area contributed by atoms with Gasteiger partial charge in [-0.15, -0.1) is 23.1 Å². The molecule has 2 rings (SSSR count). The zero-order valence-electron chi connectivity index (χ0n) is 7.66. The van der Waals surface area contributed by atoms with E-state index in [1.54, 1.807) is 11.3 Å². The van der Waals surface area contributed by atoms with Crippen molar-refractivity contribution in [3.8, 4) is 0 Å². The molecule has 0 radical (unpaired) electrons. The lowest BCUT2D eigenvalue weighted by molar-refractivity contribution is -0.120. The molecule has 0 unspecified atom stereocenters. The highest BCUT2D eigenvalue weighted by Gasteiger charge is 2.19. The van der Waals surface area contributed by atoms with Crippen molar-refractivity contribution in [3.05, 3.63) is 15.9 Å². The predicted octanol–water partition coefficient (Wildman–Crippen LogP) is 4.11. The fourth-order valence-electron chi connectivity index (χ4n) is 1.56. The van der Waals surface area contributed by atoms with E-state index in [9.17, 15) is 4.79 Å². The number of thioether (sulfide) groups is 1. The number of carbonyl (C=O) groups is 1. The van der Waals surface area contributed by atoms with E-state index in [-0.39, 0.29) is 0 Å². The quantitative estimate of drug-likeness (QED) is 0.815. The molecule has 4 heteroatoms. The number of thiophene rings is 1. The van der Waals surface area contributed by atoms with Gasteiger partial charge in [-0.1, -0.05) is 0 Å². The van der Waals surface area contributed by atoms with Gasteiger partial charge >= 0.3 is 0 Å². The molecule has 1 saturated carbocycles. The van der Waals surface area contributed by atoms with E-state index in [4.69, 9.17) is 0 Å². The topological polar surface area (TPSA) is 17.1 Å². The minimum Gasteiger partial charge on any atom is -0.300 e. The summed E-state index contributed by atoms with van der Waals surface area (Å²) in [6.07, 6.45) is 3.67. The maximum absolute atomic E-state index is 11.1. The predicted molar refractivity (Wildman–Crippen MR) is 65.1 cm³/mol. The molecule has 1 aromatic rings. The van der Waals surface area contributed by atoms with Crippen LogP contribution in [0, 0.1) is 0 Å². The highest BCUT2D eigenvalue weighted by atomic mass is 79.9. The van der Waals surface area contributed by atoms with E-state index in [1.807, 2.05) is 11.8 Å². The van der Waals surface area contributed by atoms with Crippen LogP contribution in [0.5, 0.6) is 0 Å². The van der Waals surface area contributed by atoms with Crippen LogP contribution in [0.15, 0.2) is 20.1 Å². The lowest BCUT2D eigenvalue weighted by Gasteiger charge is -2.19. The van der Waals surface area contributed by atoms with E-state index in [0.717, 1.165) is 25.7 Å². The van der Waals surface area contributed by atoms with E-state index in [1.165, 1.54) is 8.00 Å². The Morgan fingerprint density at radius 3 is 2.64 bits per heavy atom. The van der Waals surface area contributed by atoms with Gasteiger partial charge in [-0.3, -0.25) is 4.79 Å². The highest BCUT2D eigenvalue weighted by molar-refractivity contribution is 9.11. The van der Waals surface area contributed by atoms with Gasteiger partial charge in [-0.25, -0.2) is 0 Å². The van der Waals surface area contributed by atoms with E-state index in [0.29, 0.717) is 11.0 Å². The van der Waals surface area contributed by atoms with Crippen molar-refractivity contribution in [2.45, 2.75) is 35.1 Å². The number of halogens is 1. The van der Waals surface area contributed by atoms with Gasteiger partial charge in [0.2, 0.25) is 0 Å². The summed E-state index contributed by atoms with van der Waals surface area (Å²) < 4.78 is 2.54. The van der Waals surface area contributed by atoms with Crippen LogP contribution in [-0.4, -0.2) is 11.0 Å². The maximum atomic E-state index is 11.1. The van der Waals surface area contributed by atoms with Crippen molar-refractivity contribution in [1.82, 2.24) is 0 Å². The number of Topliss-reactive ketones (excluding diaryl/α,β-unsaturated/α-hetero) is 1. The molecule has 76 valence electrons. The van der Waals surface area contributed by atoms with Gasteiger partial charge in [-0.05, 0) is 40.9 Å². The van der Waals surface area contributed by atoms with Crippen molar-refractivity contribution < 1.29 is 4.79 Å². The Bertz CT molecular complexity index is 325. The first kappa shape index (κ1) is 10.7. The molecule has 0 spiro atoms. The molecule has 1 aliphatic rings. The molecule has 1 fully saturated rings. The molecule has 1 aliphatic carbocycles. The van der Waals surface area contributed by atoms with Gasteiger partial charge in [0.15, 0.2) is 0 Å². The SMILES string of the molecule is O=C1CCC(Sc2ccc(Br)s2)CC1. The van der Waals surface area contributed by atoms with Crippen LogP contribution in [0.3, 0.4) is 0 Å². The number of hydrogen-bond acceptors (Lipinski definition) is 3. The molecule has 0 saturated heterocycles. The second-order valence-electron chi connectivity index (χ2n) is 3.41. The molecule has 0 bridgehead atoms. The van der Waals surface area contributed by atoms with Crippen LogP contribution in [-0.2, 0) is 4.79 Å². The molecule has 0 amide bonds. The van der Waals surface area contributed by atoms with Crippen molar-refractivity contribution in [1.29, 1.82) is 0 Å². The van der Waals surface area contributed by atoms with Crippen LogP contribution >= 0.6 is 39.0 Å². The first-order valence-corrected chi connectivity index (χ1v) is 7.16. The number of rotatable bonds is 2. The van der Waals surface area contributed by atoms with Gasteiger partial charge in [0.1, 0.15) is 5.78 Å². The molecule has 1 aromatic heterocycles. The average molecular weight is 291 g/mol. The Morgan fingerprint density at radius 2 is 2.07 bits per heavy atom. The Balaban J connectivity index is 1.89. The summed E-state index contributed by atoms with van der Waals surface area (Å²) in [7, 11) is 0. The summed E-state index contributed by atoms with van der Waals surface area (Å²) in [6, 6.07) is 4.23. The van der Waals surface area contributed by atoms with E-state index < -0.39 is 0 Å². The van der Waals surface area contributed by atoms with E-state index in [2.05, 4.69) is 28.1 Å². The average Bonchev–Trinajstić information content (AvgIpc) is 2.56. The molecule has 0 aromatic carbocycles. The van der Waals surface area contributed by atoms with Gasteiger partial charge in [-0.2, -0.15) is 0 Å². The molecule has 1 heterocycles. The zero-order chi connectivity index (χ0) is 9.97. The van der Waals surface area contributed by atoms with Gasteiger partial charge in [0, 0.05) is 18.1 Å². The van der Waals surface area contributed by atoms with Crippen LogP contribution in [0.25, 0.3) is 0 Å². The molecule has 14 heavy (non-hydrogen) atoms. The van der Waals surface area contributed by atoms with Crippen molar-refractivity contribution >= 4 is 44.8 Å². The van der Waals surface area contributed by atoms with Crippen LogP contribution in [0.1, 0.15) is 25.7 Å². The molecule has 1 nitrogen and oxygen atoms in total. The third kappa shape index (κ3) is 2.84. The molecule has 0 aliphatic heterocycles. The van der Waals surface area contributed by atoms with Crippen molar-refractivity contribution in [3.63, 3.8) is 0 Å². The Morgan fingerprint density at radius 1 is 1.36 bits per heavy atom. The highest BCUT2D eigenvalue weighted by Crippen LogP contribution is 2.37. The third-order valence-corrected chi connectivity index (χ3v) is 5.45.